The molecule has 2 fully saturated rings. The number of carbonyl (C=O) groups is 8. The smallest absolute Gasteiger partial charge is 0.488 e. The number of hydrogen-bond acceptors (Lipinski definition) is 22. The molecule has 0 unspecified atom stereocenters. The van der Waals surface area contributed by atoms with E-state index in [-0.39, 0.29) is 91.4 Å². The molecule has 4 aromatic heterocycles. The average Bonchev–Trinajstić information content (AvgIpc) is 1.59. The number of benzene rings is 6. The quantitative estimate of drug-likeness (QED) is 0.0230. The minimum atomic E-state index is -1.12. The lowest BCUT2D eigenvalue weighted by Gasteiger charge is -2.32. The van der Waals surface area contributed by atoms with Crippen LogP contribution in [0.3, 0.4) is 0 Å². The number of para-hydroxylation sites is 1. The van der Waals surface area contributed by atoms with Crippen molar-refractivity contribution < 1.29 is 96.4 Å². The van der Waals surface area contributed by atoms with Crippen LogP contribution in [0.2, 0.25) is 0 Å². The second-order valence-corrected chi connectivity index (χ2v) is 34.4. The standard InChI is InChI=1S/C12H24B2O4.C12H10O2.C10H13BrN2O.2C10H12O2.C9H10O2.C8H6F2O2.C6H3BrClNO.C6H4BrNO2.C5H3Br2N.C4H11N/c1-9(2)10(3,4)16-13(15-9)14-17-11(5,6)12(7,8)18-14;1-8(13)12-10-5-3-2-4-9(10)6-7-11(12)14;1-3-13(4-2)10(14)9-6-5-8(11)7-12-9;1-6-4-9(8(3)11)10(12)5-7(6)2;1-6-4-7(2)10(12)9(5-6)8(3)11;1-2-8(10)7-5-3-4-6-9(7)11;1-4(11)6-2-5(9)3-7(10)8(6)12;7-4-1-2-5(6(8)10)9-3-4;7-4-1-2-5(6(9)10)8-3-4;6-4-1-2-5(7)8-3-4;1-3-5-4-2/h1-8H3;2-7,14H,1H3;5-7H,3-4H2,1-2H3;2*4-5,12H,1-3H3;3-6,11H,2H2,1H3;2-3,12H,1H3;1-3H;1-3H,(H,9,10);1-3H;5H,3-4H2,1-2H3. The zero-order valence-corrected chi connectivity index (χ0v) is 82.9. The van der Waals surface area contributed by atoms with Gasteiger partial charge in [0.1, 0.15) is 50.5 Å². The van der Waals surface area contributed by atoms with Gasteiger partial charge >= 0.3 is 20.0 Å². The molecule has 676 valence electrons. The minimum absolute atomic E-state index is 0.0116. The highest BCUT2D eigenvalue weighted by molar-refractivity contribution is 9.11. The molecule has 0 atom stereocenters. The van der Waals surface area contributed by atoms with Gasteiger partial charge in [0.2, 0.25) is 0 Å². The predicted molar refractivity (Wildman–Crippen MR) is 508 cm³/mol. The molecule has 0 aliphatic carbocycles. The molecule has 126 heavy (non-hydrogen) atoms. The number of carboxylic acids is 1. The van der Waals surface area contributed by atoms with Gasteiger partial charge < -0.3 is 59.5 Å². The third kappa shape index (κ3) is 37.1. The van der Waals surface area contributed by atoms with E-state index in [9.17, 15) is 67.6 Å². The van der Waals surface area contributed by atoms with Gasteiger partial charge in [-0.15, -0.1) is 0 Å². The molecule has 0 spiro atoms. The van der Waals surface area contributed by atoms with Crippen LogP contribution in [0.15, 0.2) is 193 Å². The van der Waals surface area contributed by atoms with Crippen LogP contribution in [-0.2, 0) is 18.6 Å². The van der Waals surface area contributed by atoms with Crippen LogP contribution in [0.25, 0.3) is 10.8 Å². The molecule has 6 heterocycles. The number of aryl methyl sites for hydroxylation is 4. The second kappa shape index (κ2) is 54.1. The summed E-state index contributed by atoms with van der Waals surface area (Å²) in [6.45, 7) is 42.7. The average molecular weight is 2080 g/mol. The summed E-state index contributed by atoms with van der Waals surface area (Å²) in [5.41, 5.74) is 4.44. The molecule has 2 saturated heterocycles. The van der Waals surface area contributed by atoms with Gasteiger partial charge in [0.05, 0.1) is 50.2 Å². The second-order valence-electron chi connectivity index (χ2n) is 29.6. The number of amides is 1. The molecule has 0 radical (unpaired) electrons. The number of aromatic nitrogens is 4. The molecule has 2 aliphatic rings. The van der Waals surface area contributed by atoms with Crippen molar-refractivity contribution in [1.29, 1.82) is 0 Å². The topological polar surface area (TPSA) is 362 Å². The summed E-state index contributed by atoms with van der Waals surface area (Å²) in [6.07, 6.45) is 6.78. The lowest BCUT2D eigenvalue weighted by molar-refractivity contribution is 0.00578. The van der Waals surface area contributed by atoms with E-state index in [1.165, 1.54) is 45.3 Å². The first-order valence-corrected chi connectivity index (χ1v) is 43.6. The first kappa shape index (κ1) is 113. The van der Waals surface area contributed by atoms with Crippen LogP contribution >= 0.6 is 91.3 Å². The number of nitrogens with zero attached hydrogens (tertiary/aromatic N) is 5. The number of phenols is 5. The van der Waals surface area contributed by atoms with Crippen LogP contribution < -0.4 is 5.32 Å². The van der Waals surface area contributed by atoms with Crippen molar-refractivity contribution in [2.45, 2.75) is 174 Å². The first-order chi connectivity index (χ1) is 58.7. The van der Waals surface area contributed by atoms with Crippen LogP contribution in [0.1, 0.15) is 230 Å². The van der Waals surface area contributed by atoms with E-state index >= 15 is 0 Å². The zero-order valence-electron chi connectivity index (χ0n) is 74.2. The maximum atomic E-state index is 12.6. The molecule has 2 aliphatic heterocycles. The van der Waals surface area contributed by atoms with Crippen molar-refractivity contribution in [2.24, 2.45) is 0 Å². The number of carbonyl (C=O) groups excluding carboxylic acids is 7. The number of Topliss-reactive ketones (excluding diaryl/α,β-unsaturated/α-hetero) is 5. The highest BCUT2D eigenvalue weighted by Gasteiger charge is 2.63. The van der Waals surface area contributed by atoms with Crippen molar-refractivity contribution in [2.75, 3.05) is 26.2 Å². The zero-order chi connectivity index (χ0) is 96.1. The summed E-state index contributed by atoms with van der Waals surface area (Å²) in [4.78, 5) is 105. The highest BCUT2D eigenvalue weighted by Crippen LogP contribution is 2.43. The molecule has 12 rings (SSSR count). The number of fused-ring (bicyclic) bond motifs is 1. The largest absolute Gasteiger partial charge is 0.507 e. The van der Waals surface area contributed by atoms with E-state index in [0.717, 1.165) is 81.6 Å². The third-order valence-corrected chi connectivity index (χ3v) is 21.4. The fourth-order valence-corrected chi connectivity index (χ4v) is 11.7. The number of carboxylic acid groups (broad SMARTS) is 1. The molecular formula is C92H108B2Br5ClF2N6O18. The Morgan fingerprint density at radius 2 is 0.881 bits per heavy atom. The third-order valence-electron chi connectivity index (χ3n) is 18.8. The number of aromatic hydroxyl groups is 5. The Labute approximate surface area is 783 Å². The van der Waals surface area contributed by atoms with E-state index in [0.29, 0.717) is 53.5 Å². The number of ketones is 5. The van der Waals surface area contributed by atoms with Gasteiger partial charge in [-0.1, -0.05) is 69.3 Å². The van der Waals surface area contributed by atoms with Gasteiger partial charge in [-0.25, -0.2) is 28.5 Å². The summed E-state index contributed by atoms with van der Waals surface area (Å²) in [5, 5.41) is 59.3. The van der Waals surface area contributed by atoms with Crippen molar-refractivity contribution in [1.82, 2.24) is 30.2 Å². The van der Waals surface area contributed by atoms with Crippen molar-refractivity contribution in [3.63, 3.8) is 0 Å². The molecule has 1 amide bonds. The summed E-state index contributed by atoms with van der Waals surface area (Å²) in [6, 6.07) is 39.3. The Hall–Kier alpha value is -9.38. The minimum Gasteiger partial charge on any atom is -0.507 e. The normalized spacial score (nSPS) is 12.9. The number of hydrogen-bond donors (Lipinski definition) is 7. The summed E-state index contributed by atoms with van der Waals surface area (Å²) in [7, 11) is -0.952. The van der Waals surface area contributed by atoms with Crippen molar-refractivity contribution >= 4 is 162 Å². The Morgan fingerprint density at radius 3 is 1.27 bits per heavy atom. The Balaban J connectivity index is 0.000000474. The molecular weight excluding hydrogens is 1970 g/mol. The van der Waals surface area contributed by atoms with E-state index < -0.39 is 48.4 Å². The fraction of sp³-hybridized carbons (Fsp3) is 0.326. The molecule has 10 aromatic rings. The van der Waals surface area contributed by atoms with E-state index in [4.69, 9.17) is 40.4 Å². The van der Waals surface area contributed by atoms with E-state index in [1.54, 1.807) is 104 Å². The molecule has 6 aromatic carbocycles. The predicted octanol–water partition coefficient (Wildman–Crippen LogP) is 22.6. The number of nitrogens with one attached hydrogen (secondary N) is 1. The van der Waals surface area contributed by atoms with Crippen LogP contribution in [0.4, 0.5) is 8.78 Å². The highest BCUT2D eigenvalue weighted by atomic mass is 79.9. The van der Waals surface area contributed by atoms with Gasteiger partial charge in [0, 0.05) is 68.3 Å². The number of aromatic carboxylic acids is 1. The number of rotatable bonds is 14. The van der Waals surface area contributed by atoms with Crippen LogP contribution in [-0.4, -0.2) is 164 Å². The van der Waals surface area contributed by atoms with Crippen LogP contribution in [0, 0.1) is 39.3 Å². The summed E-state index contributed by atoms with van der Waals surface area (Å²) < 4.78 is 53.2. The van der Waals surface area contributed by atoms with Crippen molar-refractivity contribution in [3.05, 3.63) is 272 Å². The van der Waals surface area contributed by atoms with Gasteiger partial charge in [0.25, 0.3) is 11.1 Å². The monoisotopic (exact) mass is 2070 g/mol. The van der Waals surface area contributed by atoms with Gasteiger partial charge in [-0.2, -0.15) is 0 Å². The summed E-state index contributed by atoms with van der Waals surface area (Å²) >= 11 is 21.2. The van der Waals surface area contributed by atoms with Crippen molar-refractivity contribution in [3.8, 4) is 28.7 Å². The molecule has 0 saturated carbocycles. The lowest BCUT2D eigenvalue weighted by atomic mass is 9.49. The number of phenolic OH excluding ortho intramolecular Hbond substituents is 5. The molecule has 34 heteroatoms. The van der Waals surface area contributed by atoms with Gasteiger partial charge in [0.15, 0.2) is 40.5 Å². The Kier molecular flexibility index (Phi) is 48.4. The lowest BCUT2D eigenvalue weighted by Crippen LogP contribution is -2.41. The maximum absolute atomic E-state index is 12.6. The summed E-state index contributed by atoms with van der Waals surface area (Å²) in [5.74, 6) is -4.44. The first-order valence-electron chi connectivity index (χ1n) is 39.3. The Morgan fingerprint density at radius 1 is 0.452 bits per heavy atom. The van der Waals surface area contributed by atoms with Gasteiger partial charge in [-0.3, -0.25) is 38.5 Å². The van der Waals surface area contributed by atoms with E-state index in [2.05, 4.69) is 119 Å². The molecule has 24 nitrogen and oxygen atoms in total. The Bertz CT molecular complexity index is 5080. The SMILES string of the molecule is Brc1ccc(Br)nc1.CC(=O)c1c(O)ccc2ccccc12.CC(=O)c1cc(C)c(C)cc1O.CC(=O)c1cc(C)cc(C)c1O.CC(=O)c1cc(F)cc(F)c1O.CC1(C)OB(B2OC(C)(C)C(C)(C)O2)OC1(C)C.CCC(=O)c1ccccc1O.CCN(CC)C(=O)c1ccc(Br)cn1.CCNCC.O=C(Cl)c1ccc(Br)cn1.O=C(O)c1ccc(Br)cn1. The molecule has 0 bridgehead atoms. The maximum Gasteiger partial charge on any atom is 0.488 e. The van der Waals surface area contributed by atoms with E-state index in [1.807, 2.05) is 139 Å². The number of pyridine rings is 4. The fourth-order valence-electron chi connectivity index (χ4n) is 10.5. The molecule has 7 N–H and O–H groups in total. The number of halogens is 8. The van der Waals surface area contributed by atoms with Crippen LogP contribution in [0.5, 0.6) is 28.7 Å². The van der Waals surface area contributed by atoms with Gasteiger partial charge in [-0.05, 0) is 353 Å².